The van der Waals surface area contributed by atoms with Crippen molar-refractivity contribution in [2.45, 2.75) is 118 Å². The summed E-state index contributed by atoms with van der Waals surface area (Å²) in [7, 11) is 0. The van der Waals surface area contributed by atoms with Gasteiger partial charge in [0, 0.05) is 6.92 Å². The van der Waals surface area contributed by atoms with E-state index in [4.69, 9.17) is 4.74 Å². The topological polar surface area (TPSA) is 107 Å². The first kappa shape index (κ1) is 28.4. The molecule has 0 aromatic rings. The van der Waals surface area contributed by atoms with Crippen molar-refractivity contribution < 1.29 is 29.6 Å². The Bertz CT molecular complexity index is 994. The van der Waals surface area contributed by atoms with E-state index in [1.165, 1.54) is 6.92 Å². The van der Waals surface area contributed by atoms with Gasteiger partial charge in [0.25, 0.3) is 0 Å². The minimum Gasteiger partial charge on any atom is -0.545 e. The Balaban J connectivity index is 1.82. The van der Waals surface area contributed by atoms with Crippen molar-refractivity contribution in [2.75, 3.05) is 0 Å². The number of carbonyl (C=O) groups excluding carboxylic acids is 2. The summed E-state index contributed by atoms with van der Waals surface area (Å²) in [5.74, 6) is -1.25. The summed E-state index contributed by atoms with van der Waals surface area (Å²) in [5, 5.41) is 35.0. The molecule has 0 radical (unpaired) electrons. The molecule has 6 heteroatoms. The molecule has 4 aliphatic carbocycles. The van der Waals surface area contributed by atoms with E-state index in [0.29, 0.717) is 37.2 Å². The number of aliphatic hydroxyl groups is 2. The molecule has 0 aromatic heterocycles. The monoisotopic (exact) mass is 515 g/mol. The van der Waals surface area contributed by atoms with Crippen LogP contribution in [-0.2, 0) is 14.3 Å². The summed E-state index contributed by atoms with van der Waals surface area (Å²) in [4.78, 5) is 24.7. The summed E-state index contributed by atoms with van der Waals surface area (Å²) in [6.45, 7) is 14.4. The number of carboxylic acid groups (broad SMARTS) is 1. The largest absolute Gasteiger partial charge is 0.545 e. The minimum absolute atomic E-state index is 0.0318. The number of aliphatic hydroxyl groups excluding tert-OH is 2. The van der Waals surface area contributed by atoms with E-state index in [9.17, 15) is 24.9 Å². The van der Waals surface area contributed by atoms with Gasteiger partial charge in [-0.05, 0) is 116 Å². The molecular weight excluding hydrogens is 468 g/mol. The van der Waals surface area contributed by atoms with Crippen LogP contribution in [0.1, 0.15) is 99.8 Å². The van der Waals surface area contributed by atoms with Crippen LogP contribution < -0.4 is 5.11 Å². The van der Waals surface area contributed by atoms with Gasteiger partial charge in [-0.25, -0.2) is 0 Å². The molecule has 37 heavy (non-hydrogen) atoms. The van der Waals surface area contributed by atoms with E-state index in [1.807, 2.05) is 19.9 Å². The highest BCUT2D eigenvalue weighted by atomic mass is 16.5. The molecule has 0 aromatic carbocycles. The molecule has 4 aliphatic rings. The van der Waals surface area contributed by atoms with Gasteiger partial charge in [-0.2, -0.15) is 0 Å². The molecular formula is C31H47O6-. The quantitative estimate of drug-likeness (QED) is 0.321. The minimum atomic E-state index is -1.20. The number of rotatable bonds is 5. The van der Waals surface area contributed by atoms with Crippen molar-refractivity contribution in [2.24, 2.45) is 39.9 Å². The second-order valence-corrected chi connectivity index (χ2v) is 13.6. The Morgan fingerprint density at radius 3 is 2.32 bits per heavy atom. The third-order valence-electron chi connectivity index (χ3n) is 11.6. The van der Waals surface area contributed by atoms with Crippen LogP contribution in [0.5, 0.6) is 0 Å². The van der Waals surface area contributed by atoms with E-state index in [0.717, 1.165) is 31.3 Å². The van der Waals surface area contributed by atoms with Crippen molar-refractivity contribution in [3.05, 3.63) is 22.8 Å². The average Bonchev–Trinajstić information content (AvgIpc) is 3.05. The van der Waals surface area contributed by atoms with Crippen molar-refractivity contribution in [3.8, 4) is 0 Å². The fourth-order valence-electron chi connectivity index (χ4n) is 9.78. The Labute approximate surface area is 222 Å². The third-order valence-corrected chi connectivity index (χ3v) is 11.6. The number of aliphatic carboxylic acids is 1. The molecule has 0 heterocycles. The molecule has 0 bridgehead atoms. The average molecular weight is 516 g/mol. The molecule has 4 fully saturated rings. The van der Waals surface area contributed by atoms with Gasteiger partial charge < -0.3 is 24.9 Å². The zero-order chi connectivity index (χ0) is 27.5. The number of carbonyl (C=O) groups is 2. The molecule has 208 valence electrons. The summed E-state index contributed by atoms with van der Waals surface area (Å²) in [6.07, 6.45) is 5.92. The second kappa shape index (κ2) is 9.82. The molecule has 0 saturated heterocycles. The van der Waals surface area contributed by atoms with Gasteiger partial charge in [0.2, 0.25) is 0 Å². The van der Waals surface area contributed by atoms with Gasteiger partial charge in [-0.1, -0.05) is 39.3 Å². The van der Waals surface area contributed by atoms with E-state index in [1.54, 1.807) is 0 Å². The van der Waals surface area contributed by atoms with Crippen molar-refractivity contribution >= 4 is 11.9 Å². The van der Waals surface area contributed by atoms with Crippen molar-refractivity contribution in [1.29, 1.82) is 0 Å². The lowest BCUT2D eigenvalue weighted by atomic mass is 9.36. The fourth-order valence-corrected chi connectivity index (χ4v) is 9.78. The van der Waals surface area contributed by atoms with Crippen LogP contribution in [0, 0.1) is 39.9 Å². The summed E-state index contributed by atoms with van der Waals surface area (Å²) < 4.78 is 5.84. The number of fused-ring (bicyclic) bond motifs is 5. The normalized spacial score (nSPS) is 46.2. The molecule has 10 atom stereocenters. The van der Waals surface area contributed by atoms with Crippen LogP contribution in [0.25, 0.3) is 0 Å². The summed E-state index contributed by atoms with van der Waals surface area (Å²) in [5.41, 5.74) is 1.31. The van der Waals surface area contributed by atoms with Crippen molar-refractivity contribution in [3.63, 3.8) is 0 Å². The Morgan fingerprint density at radius 1 is 1.05 bits per heavy atom. The molecule has 0 amide bonds. The number of hydrogen-bond acceptors (Lipinski definition) is 6. The second-order valence-electron chi connectivity index (χ2n) is 13.6. The Kier molecular flexibility index (Phi) is 7.53. The van der Waals surface area contributed by atoms with Gasteiger partial charge in [-0.15, -0.1) is 0 Å². The highest BCUT2D eigenvalue weighted by Crippen LogP contribution is 2.74. The fraction of sp³-hybridized carbons (Fsp3) is 0.806. The van der Waals surface area contributed by atoms with Crippen LogP contribution in [-0.4, -0.2) is 40.5 Å². The zero-order valence-corrected chi connectivity index (χ0v) is 23.8. The van der Waals surface area contributed by atoms with Gasteiger partial charge in [0.15, 0.2) is 0 Å². The maximum absolute atomic E-state index is 12.5. The van der Waals surface area contributed by atoms with Crippen LogP contribution in [0.15, 0.2) is 22.8 Å². The molecule has 4 rings (SSSR count). The first-order chi connectivity index (χ1) is 17.2. The number of carboxylic acids is 1. The highest BCUT2D eigenvalue weighted by molar-refractivity contribution is 5.86. The Hall–Kier alpha value is -1.66. The molecule has 0 aliphatic heterocycles. The predicted octanol–water partition coefficient (Wildman–Crippen LogP) is 4.33. The van der Waals surface area contributed by atoms with E-state index >= 15 is 0 Å². The third kappa shape index (κ3) is 4.40. The lowest BCUT2D eigenvalue weighted by Gasteiger charge is -2.69. The van der Waals surface area contributed by atoms with E-state index in [-0.39, 0.29) is 45.7 Å². The van der Waals surface area contributed by atoms with Crippen LogP contribution in [0.4, 0.5) is 0 Å². The molecule has 0 spiro atoms. The molecule has 4 saturated carbocycles. The molecule has 2 N–H and O–H groups in total. The first-order valence-corrected chi connectivity index (χ1v) is 14.3. The standard InChI is InChI=1S/C31H48O6/c1-17(2)9-8-10-20(28(35)36)26-22-15-24(34)27-29(5)13-12-23(33)18(3)21(29)11-14-30(27,6)31(22,7)16-25(26)37-19(4)32/h9,18,21-25,27,33-34H,8,10-16H2,1-7H3,(H,35,36)/p-1/b26-20+. The van der Waals surface area contributed by atoms with Crippen LogP contribution in [0.2, 0.25) is 0 Å². The highest BCUT2D eigenvalue weighted by Gasteiger charge is 2.70. The van der Waals surface area contributed by atoms with Gasteiger partial charge >= 0.3 is 5.97 Å². The summed E-state index contributed by atoms with van der Waals surface area (Å²) >= 11 is 0. The molecule has 6 nitrogen and oxygen atoms in total. The lowest BCUT2D eigenvalue weighted by Crippen LogP contribution is -2.65. The zero-order valence-electron chi connectivity index (χ0n) is 23.8. The van der Waals surface area contributed by atoms with E-state index < -0.39 is 24.1 Å². The van der Waals surface area contributed by atoms with Gasteiger partial charge in [-0.3, -0.25) is 4.79 Å². The van der Waals surface area contributed by atoms with E-state index in [2.05, 4.69) is 27.7 Å². The predicted molar refractivity (Wildman–Crippen MR) is 140 cm³/mol. The number of ether oxygens (including phenoxy) is 1. The summed E-state index contributed by atoms with van der Waals surface area (Å²) in [6, 6.07) is 0. The maximum Gasteiger partial charge on any atom is 0.303 e. The SMILES string of the molecule is CC(=O)OC1CC2(C)C(CC(O)C3C4(C)CCC(O)C(C)C4CCC32C)/C1=C(/CCC=C(C)C)C(=O)[O-]. The van der Waals surface area contributed by atoms with Crippen molar-refractivity contribution in [1.82, 2.24) is 0 Å². The Morgan fingerprint density at radius 2 is 1.73 bits per heavy atom. The number of esters is 1. The van der Waals surface area contributed by atoms with Crippen LogP contribution >= 0.6 is 0 Å². The first-order valence-electron chi connectivity index (χ1n) is 14.3. The van der Waals surface area contributed by atoms with Gasteiger partial charge in [0.05, 0.1) is 18.2 Å². The van der Waals surface area contributed by atoms with Gasteiger partial charge in [0.1, 0.15) is 6.10 Å². The smallest absolute Gasteiger partial charge is 0.303 e. The number of allylic oxidation sites excluding steroid dienone is 2. The molecule has 10 unspecified atom stereocenters. The van der Waals surface area contributed by atoms with Crippen LogP contribution in [0.3, 0.4) is 0 Å². The maximum atomic E-state index is 12.5. The lowest BCUT2D eigenvalue weighted by molar-refractivity contribution is -0.299. The number of hydrogen-bond donors (Lipinski definition) is 2.